The smallest absolute Gasteiger partial charge is 0.263 e. The van der Waals surface area contributed by atoms with Gasteiger partial charge in [-0.3, -0.25) is 10.1 Å². The van der Waals surface area contributed by atoms with E-state index in [-0.39, 0.29) is 5.11 Å². The summed E-state index contributed by atoms with van der Waals surface area (Å²) < 4.78 is 26.9. The Morgan fingerprint density at radius 3 is 2.19 bits per heavy atom. The van der Waals surface area contributed by atoms with Crippen molar-refractivity contribution in [3.05, 3.63) is 64.7 Å². The lowest BCUT2D eigenvalue weighted by atomic mass is 10.2. The van der Waals surface area contributed by atoms with Crippen LogP contribution in [0, 0.1) is 11.6 Å². The van der Waals surface area contributed by atoms with Crippen molar-refractivity contribution in [2.75, 3.05) is 5.32 Å². The third-order valence-electron chi connectivity index (χ3n) is 2.52. The van der Waals surface area contributed by atoms with Gasteiger partial charge in [-0.25, -0.2) is 8.78 Å². The molecule has 0 bridgehead atoms. The van der Waals surface area contributed by atoms with Crippen molar-refractivity contribution in [2.45, 2.75) is 0 Å². The lowest BCUT2D eigenvalue weighted by Crippen LogP contribution is -2.35. The molecule has 0 aliphatic heterocycles. The first-order valence-electron chi connectivity index (χ1n) is 5.79. The molecule has 2 N–H and O–H groups in total. The molecule has 0 spiro atoms. The SMILES string of the molecule is O=C(NC(=S)Nc1ccc(Cl)cc1)c1c(F)cccc1F. The number of carbonyl (C=O) groups excluding carboxylic acids is 1. The van der Waals surface area contributed by atoms with Crippen LogP contribution >= 0.6 is 23.8 Å². The maximum atomic E-state index is 13.4. The molecule has 0 radical (unpaired) electrons. The number of rotatable bonds is 2. The van der Waals surface area contributed by atoms with Gasteiger partial charge in [-0.05, 0) is 48.6 Å². The molecule has 0 aromatic heterocycles. The van der Waals surface area contributed by atoms with E-state index >= 15 is 0 Å². The molecule has 21 heavy (non-hydrogen) atoms. The maximum Gasteiger partial charge on any atom is 0.263 e. The van der Waals surface area contributed by atoms with Crippen LogP contribution in [0.4, 0.5) is 14.5 Å². The maximum absolute atomic E-state index is 13.4. The zero-order chi connectivity index (χ0) is 15.4. The molecule has 108 valence electrons. The number of anilines is 1. The summed E-state index contributed by atoms with van der Waals surface area (Å²) in [6.07, 6.45) is 0. The largest absolute Gasteiger partial charge is 0.332 e. The van der Waals surface area contributed by atoms with E-state index in [2.05, 4.69) is 10.6 Å². The average Bonchev–Trinajstić information content (AvgIpc) is 2.41. The van der Waals surface area contributed by atoms with E-state index in [4.69, 9.17) is 23.8 Å². The van der Waals surface area contributed by atoms with Gasteiger partial charge in [0.15, 0.2) is 5.11 Å². The first-order chi connectivity index (χ1) is 9.97. The summed E-state index contributed by atoms with van der Waals surface area (Å²) in [7, 11) is 0. The fourth-order valence-corrected chi connectivity index (χ4v) is 1.91. The lowest BCUT2D eigenvalue weighted by Gasteiger charge is -2.10. The molecule has 2 rings (SSSR count). The Bertz CT molecular complexity index is 672. The Kier molecular flexibility index (Phi) is 4.82. The highest BCUT2D eigenvalue weighted by molar-refractivity contribution is 7.80. The number of hydrogen-bond donors (Lipinski definition) is 2. The second-order valence-electron chi connectivity index (χ2n) is 4.01. The quantitative estimate of drug-likeness (QED) is 0.826. The molecule has 0 atom stereocenters. The molecule has 3 nitrogen and oxygen atoms in total. The standard InChI is InChI=1S/C14H9ClF2N2OS/c15-8-4-6-9(7-5-8)18-14(21)19-13(20)12-10(16)2-1-3-11(12)17/h1-7H,(H2,18,19,20,21). The van der Waals surface area contributed by atoms with Gasteiger partial charge in [0.2, 0.25) is 0 Å². The third kappa shape index (κ3) is 3.96. The van der Waals surface area contributed by atoms with Crippen LogP contribution < -0.4 is 10.6 Å². The van der Waals surface area contributed by atoms with Crippen LogP contribution in [0.2, 0.25) is 5.02 Å². The molecule has 0 saturated heterocycles. The fraction of sp³-hybridized carbons (Fsp3) is 0. The predicted octanol–water partition coefficient (Wildman–Crippen LogP) is 3.75. The Morgan fingerprint density at radius 1 is 1.05 bits per heavy atom. The summed E-state index contributed by atoms with van der Waals surface area (Å²) in [5.74, 6) is -2.87. The van der Waals surface area contributed by atoms with Gasteiger partial charge in [0, 0.05) is 10.7 Å². The summed E-state index contributed by atoms with van der Waals surface area (Å²) in [6.45, 7) is 0. The third-order valence-corrected chi connectivity index (χ3v) is 2.98. The van der Waals surface area contributed by atoms with E-state index in [1.165, 1.54) is 6.07 Å². The molecule has 0 heterocycles. The highest BCUT2D eigenvalue weighted by Crippen LogP contribution is 2.14. The van der Waals surface area contributed by atoms with Crippen molar-refractivity contribution >= 4 is 40.5 Å². The molecule has 2 aromatic carbocycles. The molecule has 0 fully saturated rings. The average molecular weight is 327 g/mol. The zero-order valence-electron chi connectivity index (χ0n) is 10.5. The van der Waals surface area contributed by atoms with Crippen LogP contribution in [-0.4, -0.2) is 11.0 Å². The molecule has 0 aliphatic rings. The number of hydrogen-bond acceptors (Lipinski definition) is 2. The number of carbonyl (C=O) groups is 1. The fourth-order valence-electron chi connectivity index (χ4n) is 1.58. The minimum absolute atomic E-state index is 0.0787. The second kappa shape index (κ2) is 6.60. The number of halogens is 3. The monoisotopic (exact) mass is 326 g/mol. The molecule has 2 aromatic rings. The zero-order valence-corrected chi connectivity index (χ0v) is 12.1. The predicted molar refractivity (Wildman–Crippen MR) is 81.5 cm³/mol. The van der Waals surface area contributed by atoms with Crippen molar-refractivity contribution < 1.29 is 13.6 Å². The molecule has 0 aliphatic carbocycles. The van der Waals surface area contributed by atoms with Gasteiger partial charge in [0.1, 0.15) is 17.2 Å². The van der Waals surface area contributed by atoms with Gasteiger partial charge in [-0.1, -0.05) is 17.7 Å². The molecular weight excluding hydrogens is 318 g/mol. The number of thiocarbonyl (C=S) groups is 1. The highest BCUT2D eigenvalue weighted by atomic mass is 35.5. The topological polar surface area (TPSA) is 41.1 Å². The van der Waals surface area contributed by atoms with Gasteiger partial charge < -0.3 is 5.32 Å². The summed E-state index contributed by atoms with van der Waals surface area (Å²) in [4.78, 5) is 11.8. The van der Waals surface area contributed by atoms with E-state index in [0.717, 1.165) is 12.1 Å². The van der Waals surface area contributed by atoms with Crippen LogP contribution in [-0.2, 0) is 0 Å². The summed E-state index contributed by atoms with van der Waals surface area (Å²) in [6, 6.07) is 9.71. The number of nitrogens with one attached hydrogen (secondary N) is 2. The van der Waals surface area contributed by atoms with Gasteiger partial charge in [-0.15, -0.1) is 0 Å². The Morgan fingerprint density at radius 2 is 1.62 bits per heavy atom. The van der Waals surface area contributed by atoms with E-state index in [0.29, 0.717) is 10.7 Å². The highest BCUT2D eigenvalue weighted by Gasteiger charge is 2.17. The molecule has 7 heteroatoms. The van der Waals surface area contributed by atoms with Crippen LogP contribution in [0.15, 0.2) is 42.5 Å². The van der Waals surface area contributed by atoms with Crippen LogP contribution in [0.1, 0.15) is 10.4 Å². The Hall–Kier alpha value is -2.05. The van der Waals surface area contributed by atoms with E-state index < -0.39 is 23.1 Å². The van der Waals surface area contributed by atoms with Crippen molar-refractivity contribution in [1.29, 1.82) is 0 Å². The molecular formula is C14H9ClF2N2OS. The van der Waals surface area contributed by atoms with Gasteiger partial charge in [0.05, 0.1) is 0 Å². The lowest BCUT2D eigenvalue weighted by molar-refractivity contribution is 0.0969. The first-order valence-corrected chi connectivity index (χ1v) is 6.58. The first kappa shape index (κ1) is 15.3. The van der Waals surface area contributed by atoms with Crippen molar-refractivity contribution in [1.82, 2.24) is 5.32 Å². The van der Waals surface area contributed by atoms with E-state index in [1.54, 1.807) is 24.3 Å². The van der Waals surface area contributed by atoms with Crippen molar-refractivity contribution in [3.8, 4) is 0 Å². The normalized spacial score (nSPS) is 10.0. The van der Waals surface area contributed by atoms with E-state index in [1.807, 2.05) is 0 Å². The summed E-state index contributed by atoms with van der Waals surface area (Å²) in [5.41, 5.74) is -0.100. The summed E-state index contributed by atoms with van der Waals surface area (Å²) in [5, 5.41) is 5.38. The van der Waals surface area contributed by atoms with Crippen molar-refractivity contribution in [3.63, 3.8) is 0 Å². The molecule has 0 saturated carbocycles. The molecule has 1 amide bonds. The Balaban J connectivity index is 2.06. The van der Waals surface area contributed by atoms with Crippen LogP contribution in [0.3, 0.4) is 0 Å². The van der Waals surface area contributed by atoms with Gasteiger partial charge >= 0.3 is 0 Å². The van der Waals surface area contributed by atoms with E-state index in [9.17, 15) is 13.6 Å². The second-order valence-corrected chi connectivity index (χ2v) is 4.86. The van der Waals surface area contributed by atoms with Crippen LogP contribution in [0.5, 0.6) is 0 Å². The minimum atomic E-state index is -0.961. The number of amides is 1. The van der Waals surface area contributed by atoms with Crippen LogP contribution in [0.25, 0.3) is 0 Å². The van der Waals surface area contributed by atoms with Gasteiger partial charge in [0.25, 0.3) is 5.91 Å². The number of benzene rings is 2. The molecule has 0 unspecified atom stereocenters. The summed E-state index contributed by atoms with van der Waals surface area (Å²) >= 11 is 10.6. The van der Waals surface area contributed by atoms with Gasteiger partial charge in [-0.2, -0.15) is 0 Å². The minimum Gasteiger partial charge on any atom is -0.332 e. The van der Waals surface area contributed by atoms with Crippen molar-refractivity contribution in [2.24, 2.45) is 0 Å². The Labute approximate surface area is 129 Å².